The van der Waals surface area contributed by atoms with Gasteiger partial charge in [0.15, 0.2) is 0 Å². The van der Waals surface area contributed by atoms with Crippen LogP contribution in [0.1, 0.15) is 5.82 Å². The molecule has 0 aliphatic rings. The van der Waals surface area contributed by atoms with Crippen molar-refractivity contribution in [2.24, 2.45) is 0 Å². The number of rotatable bonds is 7. The van der Waals surface area contributed by atoms with Gasteiger partial charge in [0.2, 0.25) is 0 Å². The molecule has 276 valence electrons. The third-order valence-corrected chi connectivity index (χ3v) is 12.8. The predicted octanol–water partition coefficient (Wildman–Crippen LogP) is 1.57. The Bertz CT molecular complexity index is 3500. The molecule has 15 heteroatoms. The molecule has 0 N–H and O–H groups in total. The molecule has 0 bridgehead atoms. The molecule has 10 rings (SSSR count). The summed E-state index contributed by atoms with van der Waals surface area (Å²) in [6, 6.07) is 45.4. The van der Waals surface area contributed by atoms with Crippen molar-refractivity contribution >= 4 is 189 Å². The second-order valence-corrected chi connectivity index (χ2v) is 16.8. The van der Waals surface area contributed by atoms with Crippen LogP contribution in [0.2, 0.25) is 5.11 Å². The minimum absolute atomic E-state index is 0.0936. The van der Waals surface area contributed by atoms with Crippen LogP contribution >= 0.6 is 0 Å². The molecule has 26 radical (unpaired) electrons. The Morgan fingerprint density at radius 1 is 0.379 bits per heavy atom. The zero-order valence-electron chi connectivity index (χ0n) is 35.7. The first-order chi connectivity index (χ1) is 31.5. The van der Waals surface area contributed by atoms with Gasteiger partial charge in [0.25, 0.3) is 0 Å². The van der Waals surface area contributed by atoms with Gasteiger partial charge in [-0.05, 0) is 108 Å². The molecule has 66 heavy (non-hydrogen) atoms. The van der Waals surface area contributed by atoms with Crippen LogP contribution in [0.4, 0.5) is 0 Å². The maximum Gasteiger partial charge on any atom is 0.113 e. The highest BCUT2D eigenvalue weighted by molar-refractivity contribution is 6.71. The Hall–Kier alpha value is -5.93. The molecule has 1 aromatic heterocycles. The van der Waals surface area contributed by atoms with E-state index in [-0.39, 0.29) is 49.5 Å². The maximum absolute atomic E-state index is 7.22. The van der Waals surface area contributed by atoms with Crippen LogP contribution in [0.15, 0.2) is 140 Å². The highest BCUT2D eigenvalue weighted by Crippen LogP contribution is 2.46. The van der Waals surface area contributed by atoms with Crippen molar-refractivity contribution in [2.45, 2.75) is 10.3 Å². The molecule has 0 saturated carbocycles. The van der Waals surface area contributed by atoms with Gasteiger partial charge in [-0.2, -0.15) is 0 Å². The summed E-state index contributed by atoms with van der Waals surface area (Å²) in [5.41, 5.74) is 9.28. The molecule has 0 atom stereocenters. The van der Waals surface area contributed by atoms with Gasteiger partial charge in [-0.15, -0.1) is 27.0 Å². The molecular weight excluding hydrogens is 781 g/mol. The van der Waals surface area contributed by atoms with E-state index in [0.717, 1.165) is 38.6 Å². The summed E-state index contributed by atoms with van der Waals surface area (Å²) in [6.07, 6.45) is 0. The molecule has 0 saturated heterocycles. The fourth-order valence-corrected chi connectivity index (χ4v) is 9.31. The lowest BCUT2D eigenvalue weighted by Gasteiger charge is -2.41. The van der Waals surface area contributed by atoms with E-state index in [0.29, 0.717) is 55.0 Å². The number of benzene rings is 9. The molecule has 2 nitrogen and oxygen atoms in total. The number of aromatic nitrogens is 2. The van der Waals surface area contributed by atoms with E-state index in [1.807, 2.05) is 126 Å². The molecule has 0 spiro atoms. The molecule has 1 heterocycles. The van der Waals surface area contributed by atoms with E-state index < -0.39 is 10.3 Å². The minimum Gasteiger partial charge on any atom is -0.296 e. The van der Waals surface area contributed by atoms with Crippen LogP contribution in [-0.2, 0) is 5.21 Å². The zero-order chi connectivity index (χ0) is 46.6. The molecule has 0 amide bonds. The Labute approximate surface area is 402 Å². The van der Waals surface area contributed by atoms with Gasteiger partial charge >= 0.3 is 0 Å². The second kappa shape index (κ2) is 16.1. The largest absolute Gasteiger partial charge is 0.296 e. The monoisotopic (exact) mass is 806 g/mol. The van der Waals surface area contributed by atoms with Crippen molar-refractivity contribution < 1.29 is 0 Å². The van der Waals surface area contributed by atoms with E-state index in [1.54, 1.807) is 0 Å². The van der Waals surface area contributed by atoms with Gasteiger partial charge in [-0.3, -0.25) is 4.57 Å². The van der Waals surface area contributed by atoms with Gasteiger partial charge in [0, 0.05) is 5.39 Å². The molecular formula is C51H23B13N2. The second-order valence-electron chi connectivity index (χ2n) is 16.8. The number of fused-ring (bicyclic) bond motifs is 4. The number of para-hydroxylation sites is 2. The Morgan fingerprint density at radius 2 is 0.803 bits per heavy atom. The first kappa shape index (κ1) is 43.9. The molecule has 9 aromatic carbocycles. The number of hydrogen-bond acceptors (Lipinski definition) is 1. The summed E-state index contributed by atoms with van der Waals surface area (Å²) < 4.78 is 1.81. The van der Waals surface area contributed by atoms with Gasteiger partial charge in [0.05, 0.1) is 56.0 Å². The van der Waals surface area contributed by atoms with Crippen LogP contribution in [0.5, 0.6) is 0 Å². The summed E-state index contributed by atoms with van der Waals surface area (Å²) in [5.74, 6) is 0.127. The number of nitrogens with zero attached hydrogens (tertiary/aromatic N) is 2. The van der Waals surface area contributed by atoms with Crippen LogP contribution in [0.25, 0.3) is 93.5 Å². The first-order valence-electron chi connectivity index (χ1n) is 21.0. The lowest BCUT2D eigenvalue weighted by atomic mass is 9.23. The molecule has 0 unspecified atom stereocenters. The van der Waals surface area contributed by atoms with E-state index in [2.05, 4.69) is 18.2 Å². The van der Waals surface area contributed by atoms with Crippen LogP contribution in [0, 0.1) is 0 Å². The molecule has 10 aromatic rings. The number of hydrogen-bond donors (Lipinski definition) is 0. The van der Waals surface area contributed by atoms with Crippen molar-refractivity contribution in [2.75, 3.05) is 0 Å². The Kier molecular flexibility index (Phi) is 10.8. The smallest absolute Gasteiger partial charge is 0.113 e. The quantitative estimate of drug-likeness (QED) is 0.177. The standard InChI is InChI=1S/C51H23B13N2/c52-41-37-35(28-22-26(24-11-3-1-4-12-24)21-27(23-28)25-13-5-2-6-14-25)38-40(44(55)48(59)46(57)42(38)53)36(39(37)43(54)47(58)45(41)56)31-19-20-33(30-16-8-7-15-29(30)31)66-34-18-10-9-17-32(34)65-49(66)50(60,61)51(62,63)64/h1-23H. The van der Waals surface area contributed by atoms with Crippen LogP contribution in [0.3, 0.4) is 0 Å². The van der Waals surface area contributed by atoms with Crippen molar-refractivity contribution in [1.82, 2.24) is 9.55 Å². The highest BCUT2D eigenvalue weighted by Gasteiger charge is 2.37. The summed E-state index contributed by atoms with van der Waals surface area (Å²) in [4.78, 5) is 4.82. The fraction of sp³-hybridized carbons (Fsp3) is 0.0392. The first-order valence-corrected chi connectivity index (χ1v) is 21.0. The van der Waals surface area contributed by atoms with Crippen molar-refractivity contribution in [1.29, 1.82) is 0 Å². The topological polar surface area (TPSA) is 17.8 Å². The molecule has 0 aliphatic carbocycles. The van der Waals surface area contributed by atoms with Gasteiger partial charge < -0.3 is 0 Å². The Balaban J connectivity index is 1.39. The van der Waals surface area contributed by atoms with Crippen LogP contribution in [-0.4, -0.2) is 112 Å². The third kappa shape index (κ3) is 6.70. The van der Waals surface area contributed by atoms with E-state index >= 15 is 0 Å². The average molecular weight is 804 g/mol. The normalized spacial score (nSPS) is 12.1. The average Bonchev–Trinajstić information content (AvgIpc) is 3.73. The summed E-state index contributed by atoms with van der Waals surface area (Å²) in [6.45, 7) is 0. The fourth-order valence-electron chi connectivity index (χ4n) is 9.31. The zero-order valence-corrected chi connectivity index (χ0v) is 35.7. The molecule has 0 fully saturated rings. The van der Waals surface area contributed by atoms with Crippen LogP contribution < -0.4 is 43.7 Å². The van der Waals surface area contributed by atoms with E-state index in [1.165, 1.54) is 0 Å². The summed E-state index contributed by atoms with van der Waals surface area (Å²) in [7, 11) is 88.1. The van der Waals surface area contributed by atoms with E-state index in [4.69, 9.17) is 107 Å². The van der Waals surface area contributed by atoms with Gasteiger partial charge in [-0.25, -0.2) is 4.98 Å². The highest BCUT2D eigenvalue weighted by atomic mass is 15.1. The maximum atomic E-state index is 7.22. The van der Waals surface area contributed by atoms with Gasteiger partial charge in [-0.1, -0.05) is 130 Å². The van der Waals surface area contributed by atoms with Crippen molar-refractivity contribution in [3.63, 3.8) is 0 Å². The summed E-state index contributed by atoms with van der Waals surface area (Å²) >= 11 is 0. The summed E-state index contributed by atoms with van der Waals surface area (Å²) in [5, 5.41) is -0.731. The third-order valence-electron chi connectivity index (χ3n) is 12.8. The van der Waals surface area contributed by atoms with Crippen molar-refractivity contribution in [3.05, 3.63) is 145 Å². The minimum atomic E-state index is -2.08. The van der Waals surface area contributed by atoms with Gasteiger partial charge in [0.1, 0.15) is 68.6 Å². The SMILES string of the molecule is [B]c1c([B])c([B])c2c(-c3ccc(-n4c(C([B])([B])C([B])([B])[B])nc5ccccc54)c4ccccc34)c3c([B])c([B])c([B])c([B])c3c(-c3cc(-c4ccccc4)cc(-c4ccccc4)c3)c2c1[B]. The molecule has 0 aliphatic heterocycles. The van der Waals surface area contributed by atoms with Crippen molar-refractivity contribution in [3.8, 4) is 50.2 Å². The Morgan fingerprint density at radius 3 is 1.30 bits per heavy atom. The van der Waals surface area contributed by atoms with E-state index in [9.17, 15) is 0 Å². The predicted molar refractivity (Wildman–Crippen MR) is 292 cm³/mol. The lowest BCUT2D eigenvalue weighted by molar-refractivity contribution is 0.758. The number of imidazole rings is 1. The lowest BCUT2D eigenvalue weighted by Crippen LogP contribution is -2.50.